The van der Waals surface area contributed by atoms with Crippen LogP contribution in [0.3, 0.4) is 0 Å². The average Bonchev–Trinajstić information content (AvgIpc) is 2.70. The van der Waals surface area contributed by atoms with Crippen molar-refractivity contribution in [2.45, 2.75) is 6.61 Å². The highest BCUT2D eigenvalue weighted by Crippen LogP contribution is 2.32. The zero-order valence-electron chi connectivity index (χ0n) is 14.7. The molecule has 0 fully saturated rings. The molecule has 28 heavy (non-hydrogen) atoms. The number of amides is 1. The number of benzene rings is 3. The Balaban J connectivity index is 1.60. The molecule has 2 N–H and O–H groups in total. The highest BCUT2D eigenvalue weighted by molar-refractivity contribution is 6.44. The molecule has 4 nitrogen and oxygen atoms in total. The largest absolute Gasteiger partial charge is 0.487 e. The summed E-state index contributed by atoms with van der Waals surface area (Å²) >= 11 is 18.0. The van der Waals surface area contributed by atoms with Crippen LogP contribution in [0.1, 0.15) is 5.56 Å². The Morgan fingerprint density at radius 2 is 1.50 bits per heavy atom. The maximum Gasteiger partial charge on any atom is 0.243 e. The van der Waals surface area contributed by atoms with Gasteiger partial charge in [0.15, 0.2) is 0 Å². The molecule has 0 aliphatic heterocycles. The van der Waals surface area contributed by atoms with Crippen molar-refractivity contribution in [2.75, 3.05) is 17.2 Å². The first-order valence-corrected chi connectivity index (χ1v) is 9.60. The van der Waals surface area contributed by atoms with Crippen LogP contribution in [0, 0.1) is 0 Å². The van der Waals surface area contributed by atoms with Crippen LogP contribution in [-0.2, 0) is 11.4 Å². The van der Waals surface area contributed by atoms with Gasteiger partial charge in [-0.05, 0) is 29.8 Å². The van der Waals surface area contributed by atoms with Crippen molar-refractivity contribution in [1.82, 2.24) is 0 Å². The number of carbonyl (C=O) groups excluding carboxylic acids is 1. The summed E-state index contributed by atoms with van der Waals surface area (Å²) in [5.74, 6) is 0.338. The van der Waals surface area contributed by atoms with Crippen LogP contribution in [-0.4, -0.2) is 12.5 Å². The molecule has 3 rings (SSSR count). The number of para-hydroxylation sites is 2. The van der Waals surface area contributed by atoms with Crippen LogP contribution in [0.2, 0.25) is 15.1 Å². The SMILES string of the molecule is O=C(CNc1cc(Cl)c(Cl)cc1Cl)Nc1ccccc1OCc1ccccc1. The molecule has 0 heterocycles. The summed E-state index contributed by atoms with van der Waals surface area (Å²) < 4.78 is 5.85. The lowest BCUT2D eigenvalue weighted by Crippen LogP contribution is -2.22. The van der Waals surface area contributed by atoms with Gasteiger partial charge in [-0.25, -0.2) is 0 Å². The molecule has 0 radical (unpaired) electrons. The van der Waals surface area contributed by atoms with Gasteiger partial charge in [-0.15, -0.1) is 0 Å². The zero-order valence-corrected chi connectivity index (χ0v) is 17.0. The molecule has 0 bridgehead atoms. The minimum absolute atomic E-state index is 0.00466. The molecule has 3 aromatic rings. The number of hydrogen-bond donors (Lipinski definition) is 2. The molecular formula is C21H17Cl3N2O2. The highest BCUT2D eigenvalue weighted by Gasteiger charge is 2.10. The number of carbonyl (C=O) groups is 1. The van der Waals surface area contributed by atoms with E-state index in [4.69, 9.17) is 39.5 Å². The number of hydrogen-bond acceptors (Lipinski definition) is 3. The van der Waals surface area contributed by atoms with Gasteiger partial charge in [-0.1, -0.05) is 77.3 Å². The van der Waals surface area contributed by atoms with Gasteiger partial charge in [0.1, 0.15) is 12.4 Å². The Morgan fingerprint density at radius 1 is 0.821 bits per heavy atom. The Hall–Kier alpha value is -2.40. The predicted molar refractivity (Wildman–Crippen MR) is 116 cm³/mol. The second-order valence-electron chi connectivity index (χ2n) is 5.92. The number of rotatable bonds is 7. The normalized spacial score (nSPS) is 10.4. The standard InChI is InChI=1S/C21H17Cl3N2O2/c22-15-10-17(24)19(11-16(15)23)25-12-21(27)26-18-8-4-5-9-20(18)28-13-14-6-2-1-3-7-14/h1-11,25H,12-13H2,(H,26,27). The molecular weight excluding hydrogens is 419 g/mol. The van der Waals surface area contributed by atoms with Gasteiger partial charge < -0.3 is 15.4 Å². The first-order valence-electron chi connectivity index (χ1n) is 8.47. The molecule has 0 saturated carbocycles. The summed E-state index contributed by atoms with van der Waals surface area (Å²) in [5.41, 5.74) is 2.16. The molecule has 0 aliphatic rings. The Bertz CT molecular complexity index is 965. The molecule has 0 atom stereocenters. The van der Waals surface area contributed by atoms with E-state index < -0.39 is 0 Å². The maximum atomic E-state index is 12.3. The summed E-state index contributed by atoms with van der Waals surface area (Å²) in [4.78, 5) is 12.3. The third kappa shape index (κ3) is 5.55. The minimum atomic E-state index is -0.252. The van der Waals surface area contributed by atoms with Crippen molar-refractivity contribution < 1.29 is 9.53 Å². The van der Waals surface area contributed by atoms with Crippen molar-refractivity contribution in [2.24, 2.45) is 0 Å². The van der Waals surface area contributed by atoms with Gasteiger partial charge in [0.2, 0.25) is 5.91 Å². The summed E-state index contributed by atoms with van der Waals surface area (Å²) in [5, 5.41) is 6.88. The third-order valence-electron chi connectivity index (χ3n) is 3.85. The van der Waals surface area contributed by atoms with E-state index in [2.05, 4.69) is 10.6 Å². The van der Waals surface area contributed by atoms with Crippen molar-refractivity contribution in [3.63, 3.8) is 0 Å². The van der Waals surface area contributed by atoms with Crippen molar-refractivity contribution in [1.29, 1.82) is 0 Å². The van der Waals surface area contributed by atoms with Crippen molar-refractivity contribution in [3.05, 3.63) is 87.4 Å². The molecule has 144 valence electrons. The van der Waals surface area contributed by atoms with E-state index >= 15 is 0 Å². The van der Waals surface area contributed by atoms with Gasteiger partial charge in [-0.3, -0.25) is 4.79 Å². The smallest absolute Gasteiger partial charge is 0.243 e. The molecule has 0 spiro atoms. The quantitative estimate of drug-likeness (QED) is 0.430. The van der Waals surface area contributed by atoms with E-state index in [0.29, 0.717) is 38.8 Å². The lowest BCUT2D eigenvalue weighted by Gasteiger charge is -2.14. The molecule has 0 unspecified atom stereocenters. The fraction of sp³-hybridized carbons (Fsp3) is 0.0952. The van der Waals surface area contributed by atoms with Gasteiger partial charge in [0.05, 0.1) is 33.0 Å². The fourth-order valence-corrected chi connectivity index (χ4v) is 3.07. The first kappa shape index (κ1) is 20.3. The van der Waals surface area contributed by atoms with Gasteiger partial charge in [0.25, 0.3) is 0 Å². The van der Waals surface area contributed by atoms with E-state index in [0.717, 1.165) is 5.56 Å². The van der Waals surface area contributed by atoms with Crippen molar-refractivity contribution in [3.8, 4) is 5.75 Å². The van der Waals surface area contributed by atoms with Gasteiger partial charge in [-0.2, -0.15) is 0 Å². The summed E-state index contributed by atoms with van der Waals surface area (Å²) in [6.07, 6.45) is 0. The van der Waals surface area contributed by atoms with E-state index in [1.807, 2.05) is 48.5 Å². The van der Waals surface area contributed by atoms with E-state index in [-0.39, 0.29) is 12.5 Å². The molecule has 0 saturated heterocycles. The van der Waals surface area contributed by atoms with Crippen LogP contribution in [0.5, 0.6) is 5.75 Å². The molecule has 0 aromatic heterocycles. The van der Waals surface area contributed by atoms with Crippen LogP contribution in [0.4, 0.5) is 11.4 Å². The Morgan fingerprint density at radius 3 is 2.29 bits per heavy atom. The van der Waals surface area contributed by atoms with E-state index in [1.54, 1.807) is 12.1 Å². The lowest BCUT2D eigenvalue weighted by molar-refractivity contribution is -0.114. The zero-order chi connectivity index (χ0) is 19.9. The number of nitrogens with one attached hydrogen (secondary N) is 2. The Kier molecular flexibility index (Phi) is 7.04. The molecule has 1 amide bonds. The third-order valence-corrected chi connectivity index (χ3v) is 4.88. The second kappa shape index (κ2) is 9.69. The predicted octanol–water partition coefficient (Wildman–Crippen LogP) is 6.28. The number of anilines is 2. The molecule has 0 aliphatic carbocycles. The number of ether oxygens (including phenoxy) is 1. The second-order valence-corrected chi connectivity index (χ2v) is 7.14. The topological polar surface area (TPSA) is 50.4 Å². The summed E-state index contributed by atoms with van der Waals surface area (Å²) in [6.45, 7) is 0.412. The molecule has 3 aromatic carbocycles. The van der Waals surface area contributed by atoms with E-state index in [9.17, 15) is 4.79 Å². The highest BCUT2D eigenvalue weighted by atomic mass is 35.5. The lowest BCUT2D eigenvalue weighted by atomic mass is 10.2. The number of halogens is 3. The average molecular weight is 436 g/mol. The monoisotopic (exact) mass is 434 g/mol. The fourth-order valence-electron chi connectivity index (χ4n) is 2.46. The first-order chi connectivity index (χ1) is 13.5. The van der Waals surface area contributed by atoms with Crippen molar-refractivity contribution >= 4 is 52.1 Å². The maximum absolute atomic E-state index is 12.3. The van der Waals surface area contributed by atoms with Crippen LogP contribution in [0.25, 0.3) is 0 Å². The minimum Gasteiger partial charge on any atom is -0.487 e. The van der Waals surface area contributed by atoms with Gasteiger partial charge >= 0.3 is 0 Å². The Labute approximate surface area is 178 Å². The van der Waals surface area contributed by atoms with Crippen LogP contribution >= 0.6 is 34.8 Å². The van der Waals surface area contributed by atoms with Gasteiger partial charge in [0, 0.05) is 0 Å². The summed E-state index contributed by atoms with van der Waals surface area (Å²) in [6, 6.07) is 20.2. The van der Waals surface area contributed by atoms with E-state index in [1.165, 1.54) is 6.07 Å². The van der Waals surface area contributed by atoms with Crippen LogP contribution < -0.4 is 15.4 Å². The molecule has 7 heteroatoms. The van der Waals surface area contributed by atoms with Crippen LogP contribution in [0.15, 0.2) is 66.7 Å². The summed E-state index contributed by atoms with van der Waals surface area (Å²) in [7, 11) is 0.